The topological polar surface area (TPSA) is 0 Å². The summed E-state index contributed by atoms with van der Waals surface area (Å²) >= 11 is 0. The van der Waals surface area contributed by atoms with Crippen molar-refractivity contribution in [3.63, 3.8) is 0 Å². The quantitative estimate of drug-likeness (QED) is 0.563. The summed E-state index contributed by atoms with van der Waals surface area (Å²) in [6, 6.07) is 9.01. The van der Waals surface area contributed by atoms with Crippen LogP contribution in [-0.4, -0.2) is 0 Å². The fourth-order valence-electron chi connectivity index (χ4n) is 2.62. The van der Waals surface area contributed by atoms with Crippen molar-refractivity contribution in [2.45, 2.75) is 51.4 Å². The van der Waals surface area contributed by atoms with Crippen molar-refractivity contribution in [3.05, 3.63) is 35.4 Å². The molecule has 2 atom stereocenters. The normalized spacial score (nSPS) is 27.6. The van der Waals surface area contributed by atoms with E-state index < -0.39 is 0 Å². The van der Waals surface area contributed by atoms with E-state index >= 15 is 0 Å². The van der Waals surface area contributed by atoms with Gasteiger partial charge in [-0.2, -0.15) is 0 Å². The molecule has 0 nitrogen and oxygen atoms in total. The molecule has 76 valence electrons. The third-order valence-corrected chi connectivity index (χ3v) is 3.58. The van der Waals surface area contributed by atoms with E-state index in [0.717, 1.165) is 11.8 Å². The third kappa shape index (κ3) is 1.84. The van der Waals surface area contributed by atoms with Crippen LogP contribution in [0.15, 0.2) is 24.3 Å². The minimum Gasteiger partial charge on any atom is -0.0620 e. The Morgan fingerprint density at radius 3 is 1.71 bits per heavy atom. The molecule has 2 unspecified atom stereocenters. The zero-order chi connectivity index (χ0) is 9.97. The molecule has 1 aromatic carbocycles. The van der Waals surface area contributed by atoms with Gasteiger partial charge in [-0.15, -0.1) is 0 Å². The first-order valence-corrected chi connectivity index (χ1v) is 5.88. The summed E-state index contributed by atoms with van der Waals surface area (Å²) in [6.07, 6.45) is 5.53. The molecule has 0 amide bonds. The first-order valence-electron chi connectivity index (χ1n) is 5.88. The molecule has 0 saturated heterocycles. The lowest BCUT2D eigenvalue weighted by molar-refractivity contribution is 0.520. The molecule has 14 heavy (non-hydrogen) atoms. The van der Waals surface area contributed by atoms with Gasteiger partial charge in [0.15, 0.2) is 0 Å². The highest BCUT2D eigenvalue weighted by atomic mass is 14.2. The summed E-state index contributed by atoms with van der Waals surface area (Å²) in [4.78, 5) is 0. The Labute approximate surface area is 87.3 Å². The van der Waals surface area contributed by atoms with Gasteiger partial charge in [-0.1, -0.05) is 51.0 Å². The highest BCUT2D eigenvalue weighted by Gasteiger charge is 2.17. The number of rotatable bonds is 0. The molecular weight excluding hydrogens is 168 g/mol. The van der Waals surface area contributed by atoms with E-state index in [0.29, 0.717) is 0 Å². The van der Waals surface area contributed by atoms with Crippen molar-refractivity contribution in [1.82, 2.24) is 0 Å². The van der Waals surface area contributed by atoms with Crippen LogP contribution in [0, 0.1) is 0 Å². The Morgan fingerprint density at radius 1 is 0.857 bits per heavy atom. The van der Waals surface area contributed by atoms with Crippen molar-refractivity contribution in [2.24, 2.45) is 0 Å². The second-order valence-electron chi connectivity index (χ2n) is 4.72. The lowest BCUT2D eigenvalue weighted by Gasteiger charge is -2.24. The molecule has 1 aliphatic carbocycles. The molecule has 0 aliphatic heterocycles. The first-order chi connectivity index (χ1) is 6.79. The number of hydrogen-bond donors (Lipinski definition) is 0. The molecule has 0 saturated carbocycles. The van der Waals surface area contributed by atoms with Gasteiger partial charge >= 0.3 is 0 Å². The van der Waals surface area contributed by atoms with Crippen LogP contribution in [0.3, 0.4) is 0 Å². The third-order valence-electron chi connectivity index (χ3n) is 3.58. The van der Waals surface area contributed by atoms with Gasteiger partial charge in [0.05, 0.1) is 0 Å². The minimum absolute atomic E-state index is 0.758. The molecule has 0 radical (unpaired) electrons. The first kappa shape index (κ1) is 9.76. The van der Waals surface area contributed by atoms with Gasteiger partial charge in [0.1, 0.15) is 0 Å². The molecule has 2 rings (SSSR count). The van der Waals surface area contributed by atoms with Crippen molar-refractivity contribution >= 4 is 0 Å². The number of hydrogen-bond acceptors (Lipinski definition) is 0. The van der Waals surface area contributed by atoms with E-state index in [4.69, 9.17) is 0 Å². The monoisotopic (exact) mass is 188 g/mol. The Hall–Kier alpha value is -0.780. The van der Waals surface area contributed by atoms with Crippen molar-refractivity contribution < 1.29 is 0 Å². The molecule has 0 aromatic heterocycles. The highest BCUT2D eigenvalue weighted by Crippen LogP contribution is 2.34. The second-order valence-corrected chi connectivity index (χ2v) is 4.72. The minimum atomic E-state index is 0.758. The van der Waals surface area contributed by atoms with E-state index in [1.165, 1.54) is 25.7 Å². The summed E-state index contributed by atoms with van der Waals surface area (Å²) in [5.41, 5.74) is 3.19. The zero-order valence-corrected chi connectivity index (χ0v) is 9.29. The van der Waals surface area contributed by atoms with Crippen LogP contribution in [0.1, 0.15) is 62.5 Å². The van der Waals surface area contributed by atoms with E-state index in [9.17, 15) is 0 Å². The van der Waals surface area contributed by atoms with E-state index in [1.807, 2.05) is 0 Å². The molecule has 0 heteroatoms. The molecule has 1 aliphatic rings. The lowest BCUT2D eigenvalue weighted by Crippen LogP contribution is -2.06. The summed E-state index contributed by atoms with van der Waals surface area (Å²) in [5, 5.41) is 0. The van der Waals surface area contributed by atoms with Crippen molar-refractivity contribution in [1.29, 1.82) is 0 Å². The van der Waals surface area contributed by atoms with Crippen LogP contribution < -0.4 is 0 Å². The fraction of sp³-hybridized carbons (Fsp3) is 0.571. The highest BCUT2D eigenvalue weighted by molar-refractivity contribution is 5.33. The van der Waals surface area contributed by atoms with Gasteiger partial charge in [-0.3, -0.25) is 0 Å². The van der Waals surface area contributed by atoms with Gasteiger partial charge in [0, 0.05) is 0 Å². The van der Waals surface area contributed by atoms with Crippen molar-refractivity contribution in [2.75, 3.05) is 0 Å². The van der Waals surface area contributed by atoms with Crippen LogP contribution in [-0.2, 0) is 0 Å². The van der Waals surface area contributed by atoms with Gasteiger partial charge in [0.25, 0.3) is 0 Å². The summed E-state index contributed by atoms with van der Waals surface area (Å²) in [7, 11) is 0. The SMILES string of the molecule is CC1CCCCC(C)c2ccccc21. The molecule has 0 fully saturated rings. The van der Waals surface area contributed by atoms with E-state index in [1.54, 1.807) is 11.1 Å². The molecule has 0 heterocycles. The van der Waals surface area contributed by atoms with Crippen LogP contribution in [0.2, 0.25) is 0 Å². The maximum atomic E-state index is 2.37. The average Bonchev–Trinajstić information content (AvgIpc) is 2.22. The van der Waals surface area contributed by atoms with Gasteiger partial charge < -0.3 is 0 Å². The van der Waals surface area contributed by atoms with Crippen LogP contribution in [0.5, 0.6) is 0 Å². The summed E-state index contributed by atoms with van der Waals surface area (Å²) < 4.78 is 0. The average molecular weight is 188 g/mol. The maximum absolute atomic E-state index is 2.37. The molecule has 0 N–H and O–H groups in total. The Bertz CT molecular complexity index is 270. The van der Waals surface area contributed by atoms with Crippen LogP contribution in [0.25, 0.3) is 0 Å². The summed E-state index contributed by atoms with van der Waals surface area (Å²) in [6.45, 7) is 4.74. The van der Waals surface area contributed by atoms with E-state index in [2.05, 4.69) is 38.1 Å². The fourth-order valence-corrected chi connectivity index (χ4v) is 2.62. The Morgan fingerprint density at radius 2 is 1.29 bits per heavy atom. The van der Waals surface area contributed by atoms with Gasteiger partial charge in [-0.05, 0) is 35.8 Å². The molecule has 0 spiro atoms. The van der Waals surface area contributed by atoms with E-state index in [-0.39, 0.29) is 0 Å². The second kappa shape index (κ2) is 4.16. The predicted octanol–water partition coefficient (Wildman–Crippen LogP) is 4.47. The molecule has 1 aromatic rings. The van der Waals surface area contributed by atoms with Gasteiger partial charge in [-0.25, -0.2) is 0 Å². The smallest absolute Gasteiger partial charge is 0.0188 e. The molecule has 0 bridgehead atoms. The van der Waals surface area contributed by atoms with Gasteiger partial charge in [0.2, 0.25) is 0 Å². The zero-order valence-electron chi connectivity index (χ0n) is 9.29. The lowest BCUT2D eigenvalue weighted by atomic mass is 9.81. The maximum Gasteiger partial charge on any atom is -0.0188 e. The predicted molar refractivity (Wildman–Crippen MR) is 61.7 cm³/mol. The molecular formula is C14H20. The largest absolute Gasteiger partial charge is 0.0620 e. The number of fused-ring (bicyclic) bond motifs is 1. The standard InChI is InChI=1S/C14H20/c1-11-7-3-4-8-12(2)14-10-6-5-9-13(11)14/h5-6,9-12H,3-4,7-8H2,1-2H3. The Balaban J connectivity index is 2.39. The van der Waals surface area contributed by atoms with Crippen molar-refractivity contribution in [3.8, 4) is 0 Å². The van der Waals surface area contributed by atoms with Crippen LogP contribution >= 0.6 is 0 Å². The number of benzene rings is 1. The summed E-state index contributed by atoms with van der Waals surface area (Å²) in [5.74, 6) is 1.52. The Kier molecular flexibility index (Phi) is 2.90. The van der Waals surface area contributed by atoms with Crippen LogP contribution in [0.4, 0.5) is 0 Å².